The third-order valence-electron chi connectivity index (χ3n) is 10.5. The van der Waals surface area contributed by atoms with Crippen molar-refractivity contribution in [3.63, 3.8) is 0 Å². The Labute approximate surface area is 261 Å². The number of hydrogen-bond acceptors (Lipinski definition) is 1. The Hall–Kier alpha value is -5.41. The number of aromatic nitrogens is 3. The smallest absolute Gasteiger partial charge is 0.137 e. The first-order chi connectivity index (χ1) is 22.0. The predicted octanol–water partition coefficient (Wildman–Crippen LogP) is 10.4. The minimum atomic E-state index is -0.0673. The molecule has 1 unspecified atom stereocenters. The molecule has 3 heterocycles. The van der Waals surface area contributed by atoms with Crippen molar-refractivity contribution < 1.29 is 0 Å². The summed E-state index contributed by atoms with van der Waals surface area (Å²) in [6.45, 7) is 4.82. The SMILES string of the molecule is CC1(C)C2=C(CC3C=CC=CC3=C2)c2cc3c4ccc5ccccc5c4n(-c4ccc(-c5cn6ccccc6n5)cc4)c3cc21. The highest BCUT2D eigenvalue weighted by Gasteiger charge is 2.40. The Morgan fingerprint density at radius 2 is 1.69 bits per heavy atom. The van der Waals surface area contributed by atoms with Gasteiger partial charge in [-0.3, -0.25) is 0 Å². The van der Waals surface area contributed by atoms with Crippen LogP contribution in [-0.4, -0.2) is 14.0 Å². The maximum atomic E-state index is 4.87. The normalized spacial score (nSPS) is 18.2. The van der Waals surface area contributed by atoms with Crippen LogP contribution < -0.4 is 0 Å². The summed E-state index contributed by atoms with van der Waals surface area (Å²) in [4.78, 5) is 4.87. The van der Waals surface area contributed by atoms with E-state index in [-0.39, 0.29) is 5.41 Å². The van der Waals surface area contributed by atoms with Crippen LogP contribution in [0.2, 0.25) is 0 Å². The summed E-state index contributed by atoms with van der Waals surface area (Å²) in [6.07, 6.45) is 16.7. The lowest BCUT2D eigenvalue weighted by Gasteiger charge is -2.28. The van der Waals surface area contributed by atoms with Gasteiger partial charge in [0.15, 0.2) is 0 Å². The number of rotatable bonds is 2. The number of benzene rings is 4. The number of nitrogens with zero attached hydrogens (tertiary/aromatic N) is 3. The van der Waals surface area contributed by atoms with Gasteiger partial charge in [-0.05, 0) is 76.1 Å². The fourth-order valence-electron chi connectivity index (χ4n) is 8.19. The molecule has 214 valence electrons. The van der Waals surface area contributed by atoms with Crippen LogP contribution in [0, 0.1) is 5.92 Å². The third kappa shape index (κ3) is 3.44. The third-order valence-corrected chi connectivity index (χ3v) is 10.5. The zero-order valence-electron chi connectivity index (χ0n) is 25.3. The Kier molecular flexibility index (Phi) is 4.90. The average molecular weight is 578 g/mol. The van der Waals surface area contributed by atoms with Gasteiger partial charge in [-0.2, -0.15) is 0 Å². The number of pyridine rings is 1. The van der Waals surface area contributed by atoms with E-state index in [1.165, 1.54) is 60.4 Å². The molecule has 3 aromatic heterocycles. The van der Waals surface area contributed by atoms with Crippen LogP contribution in [0.5, 0.6) is 0 Å². The number of hydrogen-bond donors (Lipinski definition) is 0. The van der Waals surface area contributed by atoms with Crippen LogP contribution in [0.1, 0.15) is 31.4 Å². The van der Waals surface area contributed by atoms with Crippen molar-refractivity contribution in [1.29, 1.82) is 0 Å². The Bertz CT molecular complexity index is 2490. The van der Waals surface area contributed by atoms with Crippen LogP contribution in [-0.2, 0) is 5.41 Å². The second-order valence-corrected chi connectivity index (χ2v) is 13.3. The van der Waals surface area contributed by atoms with Crippen molar-refractivity contribution in [2.75, 3.05) is 0 Å². The molecule has 3 heteroatoms. The van der Waals surface area contributed by atoms with E-state index < -0.39 is 0 Å². The molecule has 0 N–H and O–H groups in total. The lowest BCUT2D eigenvalue weighted by atomic mass is 9.75. The fraction of sp³-hybridized carbons (Fsp3) is 0.119. The molecule has 0 fully saturated rings. The van der Waals surface area contributed by atoms with Gasteiger partial charge in [-0.25, -0.2) is 4.98 Å². The van der Waals surface area contributed by atoms with Gasteiger partial charge >= 0.3 is 0 Å². The molecule has 0 aliphatic heterocycles. The zero-order chi connectivity index (χ0) is 29.9. The van der Waals surface area contributed by atoms with Crippen molar-refractivity contribution in [3.05, 3.63) is 156 Å². The topological polar surface area (TPSA) is 22.2 Å². The molecule has 3 aliphatic rings. The van der Waals surface area contributed by atoms with Crippen molar-refractivity contribution in [1.82, 2.24) is 14.0 Å². The Morgan fingerprint density at radius 3 is 2.58 bits per heavy atom. The first kappa shape index (κ1) is 25.0. The predicted molar refractivity (Wildman–Crippen MR) is 187 cm³/mol. The summed E-state index contributed by atoms with van der Waals surface area (Å²) in [5.74, 6) is 0.461. The molecule has 4 aromatic carbocycles. The van der Waals surface area contributed by atoms with Gasteiger partial charge in [0, 0.05) is 51.1 Å². The Morgan fingerprint density at radius 1 is 0.822 bits per heavy atom. The van der Waals surface area contributed by atoms with Gasteiger partial charge < -0.3 is 8.97 Å². The highest BCUT2D eigenvalue weighted by Crippen LogP contribution is 2.54. The van der Waals surface area contributed by atoms with Gasteiger partial charge in [-0.1, -0.05) is 98.8 Å². The number of allylic oxidation sites excluding steroid dienone is 8. The monoisotopic (exact) mass is 577 g/mol. The molecule has 0 amide bonds. The van der Waals surface area contributed by atoms with E-state index in [0.29, 0.717) is 5.92 Å². The minimum Gasteiger partial charge on any atom is -0.309 e. The summed E-state index contributed by atoms with van der Waals surface area (Å²) in [5, 5.41) is 5.15. The number of fused-ring (bicyclic) bond motifs is 9. The van der Waals surface area contributed by atoms with Crippen molar-refractivity contribution in [2.24, 2.45) is 5.92 Å². The van der Waals surface area contributed by atoms with Crippen LogP contribution >= 0.6 is 0 Å². The van der Waals surface area contributed by atoms with Gasteiger partial charge in [0.2, 0.25) is 0 Å². The van der Waals surface area contributed by atoms with Gasteiger partial charge in [0.25, 0.3) is 0 Å². The van der Waals surface area contributed by atoms with E-state index >= 15 is 0 Å². The summed E-state index contributed by atoms with van der Waals surface area (Å²) < 4.78 is 4.58. The van der Waals surface area contributed by atoms with E-state index in [2.05, 4.69) is 132 Å². The molecule has 1 atom stereocenters. The van der Waals surface area contributed by atoms with E-state index in [4.69, 9.17) is 4.98 Å². The molecule has 3 aliphatic carbocycles. The largest absolute Gasteiger partial charge is 0.309 e. The van der Waals surface area contributed by atoms with Gasteiger partial charge in [0.1, 0.15) is 5.65 Å². The van der Waals surface area contributed by atoms with Crippen LogP contribution in [0.15, 0.2) is 145 Å². The van der Waals surface area contributed by atoms with Gasteiger partial charge in [-0.15, -0.1) is 0 Å². The molecule has 0 spiro atoms. The van der Waals surface area contributed by atoms with E-state index in [1.54, 1.807) is 0 Å². The first-order valence-electron chi connectivity index (χ1n) is 15.9. The molecule has 0 radical (unpaired) electrons. The quantitative estimate of drug-likeness (QED) is 0.200. The molecule has 0 saturated heterocycles. The standard InChI is InChI=1S/C42H31N3/c1-42(2)36-22-29-11-4-3-10-28(29)21-33(36)34-23-35-32-19-16-26-9-5-6-12-31(26)41(32)45(39(35)24-37(34)42)30-17-14-27(15-18-30)38-25-44-20-8-7-13-40(44)43-38/h3-20,22-25,28H,21H2,1-2H3. The van der Waals surface area contributed by atoms with E-state index in [0.717, 1.165) is 29.0 Å². The first-order valence-corrected chi connectivity index (χ1v) is 15.9. The summed E-state index contributed by atoms with van der Waals surface area (Å²) >= 11 is 0. The fourth-order valence-corrected chi connectivity index (χ4v) is 8.19. The molecule has 3 nitrogen and oxygen atoms in total. The maximum Gasteiger partial charge on any atom is 0.137 e. The summed E-state index contributed by atoms with van der Waals surface area (Å²) in [7, 11) is 0. The van der Waals surface area contributed by atoms with Crippen molar-refractivity contribution in [3.8, 4) is 16.9 Å². The highest BCUT2D eigenvalue weighted by atomic mass is 15.0. The second-order valence-electron chi connectivity index (χ2n) is 13.3. The zero-order valence-corrected chi connectivity index (χ0v) is 25.3. The molecule has 10 rings (SSSR count). The minimum absolute atomic E-state index is 0.0673. The van der Waals surface area contributed by atoms with Crippen LogP contribution in [0.3, 0.4) is 0 Å². The number of imidazole rings is 1. The molecule has 7 aromatic rings. The molecular weight excluding hydrogens is 546 g/mol. The second kappa shape index (κ2) is 8.83. The maximum absolute atomic E-state index is 4.87. The van der Waals surface area contributed by atoms with Crippen LogP contribution in [0.25, 0.3) is 60.7 Å². The molecule has 45 heavy (non-hydrogen) atoms. The molecule has 0 bridgehead atoms. The Balaban J connectivity index is 1.22. The lowest BCUT2D eigenvalue weighted by Crippen LogP contribution is -2.18. The van der Waals surface area contributed by atoms with Crippen LogP contribution in [0.4, 0.5) is 0 Å². The van der Waals surface area contributed by atoms with Gasteiger partial charge in [0.05, 0.1) is 16.7 Å². The van der Waals surface area contributed by atoms with E-state index in [1.807, 2.05) is 24.4 Å². The summed E-state index contributed by atoms with van der Waals surface area (Å²) in [5.41, 5.74) is 14.0. The molecular formula is C42H31N3. The lowest BCUT2D eigenvalue weighted by molar-refractivity contribution is 0.645. The molecule has 0 saturated carbocycles. The summed E-state index contributed by atoms with van der Waals surface area (Å²) in [6, 6.07) is 33.5. The van der Waals surface area contributed by atoms with Crippen molar-refractivity contribution in [2.45, 2.75) is 25.7 Å². The van der Waals surface area contributed by atoms with Crippen molar-refractivity contribution >= 4 is 43.8 Å². The highest BCUT2D eigenvalue weighted by molar-refractivity contribution is 6.19. The average Bonchev–Trinajstić information content (AvgIpc) is 3.72. The van der Waals surface area contributed by atoms with E-state index in [9.17, 15) is 0 Å².